The predicted octanol–water partition coefficient (Wildman–Crippen LogP) is 3.91. The first kappa shape index (κ1) is 14.0. The van der Waals surface area contributed by atoms with Crippen molar-refractivity contribution in [3.8, 4) is 0 Å². The van der Waals surface area contributed by atoms with Crippen LogP contribution in [-0.4, -0.2) is 23.1 Å². The lowest BCUT2D eigenvalue weighted by molar-refractivity contribution is 0.0207. The summed E-state index contributed by atoms with van der Waals surface area (Å²) in [5.41, 5.74) is -0.456. The summed E-state index contributed by atoms with van der Waals surface area (Å²) in [6.07, 6.45) is 2.56. The zero-order valence-electron chi connectivity index (χ0n) is 12.2. The highest BCUT2D eigenvalue weighted by Crippen LogP contribution is 2.34. The van der Waals surface area contributed by atoms with E-state index in [1.165, 1.54) is 0 Å². The molecule has 1 amide bonds. The summed E-state index contributed by atoms with van der Waals surface area (Å²) in [7, 11) is 0. The molecule has 1 aromatic rings. The van der Waals surface area contributed by atoms with Gasteiger partial charge in [0.25, 0.3) is 0 Å². The summed E-state index contributed by atoms with van der Waals surface area (Å²) >= 11 is 0. The molecule has 2 heterocycles. The summed E-state index contributed by atoms with van der Waals surface area (Å²) in [5.74, 6) is 1.84. The minimum Gasteiger partial charge on any atom is -0.464 e. The fourth-order valence-electron chi connectivity index (χ4n) is 2.37. The van der Waals surface area contributed by atoms with Gasteiger partial charge in [-0.15, -0.1) is 0 Å². The number of carbonyl (C=O) groups excluding carboxylic acids is 1. The molecule has 4 nitrogen and oxygen atoms in total. The molecular weight excluding hydrogens is 242 g/mol. The van der Waals surface area contributed by atoms with Crippen molar-refractivity contribution < 1.29 is 13.9 Å². The van der Waals surface area contributed by atoms with Gasteiger partial charge in [-0.2, -0.15) is 0 Å². The van der Waals surface area contributed by atoms with Crippen molar-refractivity contribution in [1.82, 2.24) is 4.90 Å². The van der Waals surface area contributed by atoms with Crippen LogP contribution in [0.2, 0.25) is 0 Å². The molecule has 0 aliphatic carbocycles. The lowest BCUT2D eigenvalue weighted by atomic mass is 10.1. The third-order valence-electron chi connectivity index (χ3n) is 3.24. The van der Waals surface area contributed by atoms with Crippen molar-refractivity contribution in [2.75, 3.05) is 6.54 Å². The largest absolute Gasteiger partial charge is 0.464 e. The van der Waals surface area contributed by atoms with E-state index in [1.807, 2.05) is 32.9 Å². The highest BCUT2D eigenvalue weighted by Gasteiger charge is 2.34. The Morgan fingerprint density at radius 3 is 2.79 bits per heavy atom. The maximum atomic E-state index is 12.2. The van der Waals surface area contributed by atoms with E-state index in [9.17, 15) is 4.79 Å². The smallest absolute Gasteiger partial charge is 0.410 e. The predicted molar refractivity (Wildman–Crippen MR) is 73.0 cm³/mol. The summed E-state index contributed by atoms with van der Waals surface area (Å²) in [4.78, 5) is 14.0. The zero-order valence-corrected chi connectivity index (χ0v) is 12.2. The maximum absolute atomic E-state index is 12.2. The second-order valence-corrected chi connectivity index (χ2v) is 5.99. The van der Waals surface area contributed by atoms with E-state index in [0.29, 0.717) is 0 Å². The first-order valence-electron chi connectivity index (χ1n) is 6.99. The normalized spacial score (nSPS) is 19.8. The molecule has 106 valence electrons. The molecule has 1 atom stereocenters. The molecule has 4 heteroatoms. The van der Waals surface area contributed by atoms with Gasteiger partial charge < -0.3 is 9.15 Å². The average molecular weight is 265 g/mol. The van der Waals surface area contributed by atoms with Gasteiger partial charge in [-0.3, -0.25) is 4.90 Å². The molecule has 0 saturated carbocycles. The average Bonchev–Trinajstić information content (AvgIpc) is 2.95. The summed E-state index contributed by atoms with van der Waals surface area (Å²) in [6.45, 7) is 8.46. The van der Waals surface area contributed by atoms with E-state index >= 15 is 0 Å². The van der Waals surface area contributed by atoms with Gasteiger partial charge in [0.1, 0.15) is 17.1 Å². The quantitative estimate of drug-likeness (QED) is 0.814. The third-order valence-corrected chi connectivity index (χ3v) is 3.24. The van der Waals surface area contributed by atoms with Gasteiger partial charge in [0, 0.05) is 13.0 Å². The van der Waals surface area contributed by atoms with Gasteiger partial charge in [-0.25, -0.2) is 4.79 Å². The van der Waals surface area contributed by atoms with Gasteiger partial charge in [0.2, 0.25) is 0 Å². The Morgan fingerprint density at radius 1 is 1.47 bits per heavy atom. The summed E-state index contributed by atoms with van der Waals surface area (Å²) in [6, 6.07) is 3.99. The van der Waals surface area contributed by atoms with Crippen molar-refractivity contribution in [2.24, 2.45) is 0 Å². The molecule has 1 aliphatic heterocycles. The lowest BCUT2D eigenvalue weighted by Crippen LogP contribution is -2.36. The topological polar surface area (TPSA) is 42.7 Å². The van der Waals surface area contributed by atoms with Gasteiger partial charge in [0.15, 0.2) is 0 Å². The number of likely N-dealkylation sites (tertiary alicyclic amines) is 1. The van der Waals surface area contributed by atoms with Crippen molar-refractivity contribution in [2.45, 2.75) is 58.6 Å². The number of ether oxygens (including phenoxy) is 1. The van der Waals surface area contributed by atoms with E-state index in [-0.39, 0.29) is 12.1 Å². The van der Waals surface area contributed by atoms with Crippen LogP contribution in [0.15, 0.2) is 16.5 Å². The second-order valence-electron chi connectivity index (χ2n) is 5.99. The highest BCUT2D eigenvalue weighted by molar-refractivity contribution is 5.69. The van der Waals surface area contributed by atoms with Gasteiger partial charge >= 0.3 is 6.09 Å². The van der Waals surface area contributed by atoms with Crippen molar-refractivity contribution in [3.05, 3.63) is 23.7 Å². The number of hydrogen-bond donors (Lipinski definition) is 0. The standard InChI is InChI=1S/C15H23NO3/c1-5-11-8-9-13(18-11)12-7-6-10-16(12)14(17)19-15(2,3)4/h8-9,12H,5-7,10H2,1-4H3. The van der Waals surface area contributed by atoms with Crippen LogP contribution in [0.4, 0.5) is 4.79 Å². The van der Waals surface area contributed by atoms with Crippen LogP contribution in [0.5, 0.6) is 0 Å². The molecule has 2 rings (SSSR count). The van der Waals surface area contributed by atoms with Crippen LogP contribution in [0.25, 0.3) is 0 Å². The maximum Gasteiger partial charge on any atom is 0.410 e. The van der Waals surface area contributed by atoms with Crippen LogP contribution in [-0.2, 0) is 11.2 Å². The Bertz CT molecular complexity index is 444. The molecule has 1 aromatic heterocycles. The van der Waals surface area contributed by atoms with E-state index in [1.54, 1.807) is 4.90 Å². The minimum atomic E-state index is -0.456. The lowest BCUT2D eigenvalue weighted by Gasteiger charge is -2.27. The molecule has 1 saturated heterocycles. The van der Waals surface area contributed by atoms with Crippen LogP contribution in [0, 0.1) is 0 Å². The van der Waals surface area contributed by atoms with Gasteiger partial charge in [-0.1, -0.05) is 6.92 Å². The Morgan fingerprint density at radius 2 is 2.21 bits per heavy atom. The molecule has 0 N–H and O–H groups in total. The SMILES string of the molecule is CCc1ccc(C2CCCN2C(=O)OC(C)(C)C)o1. The van der Waals surface area contributed by atoms with E-state index in [2.05, 4.69) is 6.92 Å². The van der Waals surface area contributed by atoms with Gasteiger partial charge in [0.05, 0.1) is 6.04 Å². The molecule has 0 aromatic carbocycles. The van der Waals surface area contributed by atoms with E-state index < -0.39 is 5.60 Å². The second kappa shape index (κ2) is 5.27. The van der Waals surface area contributed by atoms with Crippen molar-refractivity contribution in [3.63, 3.8) is 0 Å². The Balaban J connectivity index is 2.10. The van der Waals surface area contributed by atoms with Crippen molar-refractivity contribution in [1.29, 1.82) is 0 Å². The molecule has 1 fully saturated rings. The number of nitrogens with zero attached hydrogens (tertiary/aromatic N) is 1. The summed E-state index contributed by atoms with van der Waals surface area (Å²) in [5, 5.41) is 0. The molecular formula is C15H23NO3. The highest BCUT2D eigenvalue weighted by atomic mass is 16.6. The number of furan rings is 1. The molecule has 0 radical (unpaired) electrons. The number of carbonyl (C=O) groups is 1. The minimum absolute atomic E-state index is 0.0233. The molecule has 0 spiro atoms. The first-order chi connectivity index (χ1) is 8.90. The molecule has 1 unspecified atom stereocenters. The van der Waals surface area contributed by atoms with E-state index in [4.69, 9.17) is 9.15 Å². The van der Waals surface area contributed by atoms with Gasteiger partial charge in [-0.05, 0) is 45.7 Å². The fraction of sp³-hybridized carbons (Fsp3) is 0.667. The number of amides is 1. The Kier molecular flexibility index (Phi) is 3.88. The monoisotopic (exact) mass is 265 g/mol. The van der Waals surface area contributed by atoms with Crippen LogP contribution < -0.4 is 0 Å². The molecule has 1 aliphatic rings. The van der Waals surface area contributed by atoms with Crippen molar-refractivity contribution >= 4 is 6.09 Å². The zero-order chi connectivity index (χ0) is 14.0. The number of aryl methyl sites for hydroxylation is 1. The Labute approximate surface area is 114 Å². The Hall–Kier alpha value is -1.45. The first-order valence-corrected chi connectivity index (χ1v) is 6.99. The molecule has 19 heavy (non-hydrogen) atoms. The van der Waals surface area contributed by atoms with E-state index in [0.717, 1.165) is 37.3 Å². The fourth-order valence-corrected chi connectivity index (χ4v) is 2.37. The molecule has 0 bridgehead atoms. The van der Waals surface area contributed by atoms with Crippen LogP contribution in [0.3, 0.4) is 0 Å². The number of rotatable bonds is 2. The van der Waals surface area contributed by atoms with Crippen LogP contribution >= 0.6 is 0 Å². The van der Waals surface area contributed by atoms with Crippen LogP contribution in [0.1, 0.15) is 58.1 Å². The number of hydrogen-bond acceptors (Lipinski definition) is 3. The summed E-state index contributed by atoms with van der Waals surface area (Å²) < 4.78 is 11.2. The third kappa shape index (κ3) is 3.31.